The first kappa shape index (κ1) is 11.7. The molecule has 84 valence electrons. The van der Waals surface area contributed by atoms with E-state index in [2.05, 4.69) is 10.5 Å². The van der Waals surface area contributed by atoms with Crippen molar-refractivity contribution in [2.75, 3.05) is 19.8 Å². The second kappa shape index (κ2) is 6.15. The van der Waals surface area contributed by atoms with Crippen LogP contribution in [0.4, 0.5) is 0 Å². The van der Waals surface area contributed by atoms with Gasteiger partial charge in [-0.1, -0.05) is 5.16 Å². The molecule has 0 saturated heterocycles. The molecule has 0 aromatic carbocycles. The summed E-state index contributed by atoms with van der Waals surface area (Å²) in [4.78, 5) is 11.2. The Morgan fingerprint density at radius 3 is 3.13 bits per heavy atom. The summed E-state index contributed by atoms with van der Waals surface area (Å²) in [5, 5.41) is 6.33. The highest BCUT2D eigenvalue weighted by Gasteiger charge is 2.04. The van der Waals surface area contributed by atoms with Gasteiger partial charge in [-0.25, -0.2) is 0 Å². The van der Waals surface area contributed by atoms with Gasteiger partial charge in [0.25, 0.3) is 0 Å². The number of aryl methyl sites for hydroxylation is 1. The number of hydrogen-bond acceptors (Lipinski definition) is 5. The van der Waals surface area contributed by atoms with E-state index in [4.69, 9.17) is 15.0 Å². The molecule has 0 unspecified atom stereocenters. The molecule has 0 aliphatic carbocycles. The van der Waals surface area contributed by atoms with Crippen molar-refractivity contribution in [3.8, 4) is 0 Å². The fraction of sp³-hybridized carbons (Fsp3) is 0.556. The summed E-state index contributed by atoms with van der Waals surface area (Å²) in [6.45, 7) is 2.96. The van der Waals surface area contributed by atoms with Crippen molar-refractivity contribution >= 4 is 5.91 Å². The second-order valence-electron chi connectivity index (χ2n) is 3.05. The first-order valence-corrected chi connectivity index (χ1v) is 4.69. The van der Waals surface area contributed by atoms with Crippen molar-refractivity contribution < 1.29 is 14.1 Å². The van der Waals surface area contributed by atoms with Gasteiger partial charge < -0.3 is 20.3 Å². The molecule has 1 amide bonds. The zero-order valence-electron chi connectivity index (χ0n) is 8.66. The van der Waals surface area contributed by atoms with Crippen molar-refractivity contribution in [2.45, 2.75) is 13.5 Å². The summed E-state index contributed by atoms with van der Waals surface area (Å²) in [6, 6.07) is 1.76. The lowest BCUT2D eigenvalue weighted by Gasteiger charge is -2.02. The van der Waals surface area contributed by atoms with Gasteiger partial charge in [0.1, 0.15) is 6.61 Å². The van der Waals surface area contributed by atoms with E-state index in [0.29, 0.717) is 25.5 Å². The van der Waals surface area contributed by atoms with Crippen molar-refractivity contribution in [3.05, 3.63) is 17.5 Å². The molecule has 0 spiro atoms. The molecular formula is C9H15N3O3. The minimum absolute atomic E-state index is 0.0182. The minimum Gasteiger partial charge on any atom is -0.370 e. The normalized spacial score (nSPS) is 10.3. The van der Waals surface area contributed by atoms with Crippen LogP contribution in [0.3, 0.4) is 0 Å². The van der Waals surface area contributed by atoms with Crippen LogP contribution >= 0.6 is 0 Å². The molecular weight excluding hydrogens is 198 g/mol. The van der Waals surface area contributed by atoms with Gasteiger partial charge in [-0.3, -0.25) is 4.79 Å². The van der Waals surface area contributed by atoms with Crippen LogP contribution < -0.4 is 11.1 Å². The predicted octanol–water partition coefficient (Wildman–Crippen LogP) is -0.425. The average molecular weight is 213 g/mol. The number of amides is 1. The fourth-order valence-electron chi connectivity index (χ4n) is 0.985. The topological polar surface area (TPSA) is 90.4 Å². The number of aromatic nitrogens is 1. The van der Waals surface area contributed by atoms with E-state index >= 15 is 0 Å². The molecule has 0 fully saturated rings. The fourth-order valence-corrected chi connectivity index (χ4v) is 0.985. The Balaban J connectivity index is 2.16. The molecule has 0 bridgehead atoms. The quantitative estimate of drug-likeness (QED) is 0.626. The van der Waals surface area contributed by atoms with Gasteiger partial charge in [-0.05, 0) is 6.92 Å². The molecule has 0 aliphatic rings. The first-order valence-electron chi connectivity index (χ1n) is 4.69. The van der Waals surface area contributed by atoms with Crippen LogP contribution in [0.2, 0.25) is 0 Å². The molecule has 1 aromatic heterocycles. The molecule has 0 atom stereocenters. The van der Waals surface area contributed by atoms with Crippen LogP contribution in [0.1, 0.15) is 11.5 Å². The van der Waals surface area contributed by atoms with E-state index in [1.165, 1.54) is 0 Å². The lowest BCUT2D eigenvalue weighted by molar-refractivity contribution is -0.125. The molecule has 6 nitrogen and oxygen atoms in total. The number of carbonyl (C=O) groups is 1. The lowest BCUT2D eigenvalue weighted by Crippen LogP contribution is -2.27. The predicted molar refractivity (Wildman–Crippen MR) is 53.0 cm³/mol. The zero-order chi connectivity index (χ0) is 11.1. The molecule has 1 aromatic rings. The summed E-state index contributed by atoms with van der Waals surface area (Å²) >= 11 is 0. The third-order valence-electron chi connectivity index (χ3n) is 1.63. The van der Waals surface area contributed by atoms with Crippen molar-refractivity contribution in [3.63, 3.8) is 0 Å². The van der Waals surface area contributed by atoms with Crippen molar-refractivity contribution in [1.82, 2.24) is 10.5 Å². The highest BCUT2D eigenvalue weighted by molar-refractivity contribution is 5.77. The van der Waals surface area contributed by atoms with Crippen molar-refractivity contribution in [2.24, 2.45) is 5.73 Å². The van der Waals surface area contributed by atoms with E-state index in [9.17, 15) is 4.79 Å². The summed E-state index contributed by atoms with van der Waals surface area (Å²) < 4.78 is 9.87. The third-order valence-corrected chi connectivity index (χ3v) is 1.63. The number of nitrogens with two attached hydrogens (primary N) is 1. The van der Waals surface area contributed by atoms with Crippen molar-refractivity contribution in [1.29, 1.82) is 0 Å². The number of carbonyl (C=O) groups excluding carboxylic acids is 1. The third kappa shape index (κ3) is 4.57. The minimum atomic E-state index is -0.197. The monoisotopic (exact) mass is 213 g/mol. The average Bonchev–Trinajstić information content (AvgIpc) is 2.62. The van der Waals surface area contributed by atoms with Gasteiger partial charge >= 0.3 is 0 Å². The zero-order valence-corrected chi connectivity index (χ0v) is 8.66. The number of hydrogen-bond donors (Lipinski definition) is 2. The highest BCUT2D eigenvalue weighted by atomic mass is 16.5. The van der Waals surface area contributed by atoms with Gasteiger partial charge in [0, 0.05) is 12.6 Å². The number of ether oxygens (including phenoxy) is 1. The van der Waals surface area contributed by atoms with E-state index in [1.54, 1.807) is 6.07 Å². The molecule has 0 saturated carbocycles. The van der Waals surface area contributed by atoms with E-state index in [1.807, 2.05) is 6.92 Å². The standard InChI is InChI=1S/C9H15N3O3/c1-7-4-8(15-12-7)5-11-9(13)6-14-3-2-10/h4H,2-3,5-6,10H2,1H3,(H,11,13). The molecule has 1 heterocycles. The van der Waals surface area contributed by atoms with Crippen LogP contribution in [0.25, 0.3) is 0 Å². The Morgan fingerprint density at radius 1 is 1.73 bits per heavy atom. The van der Waals surface area contributed by atoms with Crippen LogP contribution in [-0.4, -0.2) is 30.8 Å². The maximum atomic E-state index is 11.2. The smallest absolute Gasteiger partial charge is 0.246 e. The van der Waals surface area contributed by atoms with E-state index < -0.39 is 0 Å². The van der Waals surface area contributed by atoms with Gasteiger partial charge in [0.05, 0.1) is 18.8 Å². The molecule has 1 rings (SSSR count). The lowest BCUT2D eigenvalue weighted by atomic mass is 10.4. The number of nitrogens with one attached hydrogen (secondary N) is 1. The Hall–Kier alpha value is -1.40. The molecule has 0 aliphatic heterocycles. The Kier molecular flexibility index (Phi) is 4.79. The molecule has 3 N–H and O–H groups in total. The highest BCUT2D eigenvalue weighted by Crippen LogP contribution is 2.00. The number of rotatable bonds is 6. The molecule has 6 heteroatoms. The summed E-state index contributed by atoms with van der Waals surface area (Å²) in [5.74, 6) is 0.428. The summed E-state index contributed by atoms with van der Waals surface area (Å²) in [6.07, 6.45) is 0. The van der Waals surface area contributed by atoms with Crippen LogP contribution in [0.15, 0.2) is 10.6 Å². The Labute approximate surface area is 87.8 Å². The SMILES string of the molecule is Cc1cc(CNC(=O)COCCN)on1. The number of nitrogens with zero attached hydrogens (tertiary/aromatic N) is 1. The van der Waals surface area contributed by atoms with Gasteiger partial charge in [-0.15, -0.1) is 0 Å². The van der Waals surface area contributed by atoms with Crippen LogP contribution in [-0.2, 0) is 16.1 Å². The van der Waals surface area contributed by atoms with Gasteiger partial charge in [0.15, 0.2) is 5.76 Å². The summed E-state index contributed by atoms with van der Waals surface area (Å²) in [5.41, 5.74) is 5.99. The molecule has 15 heavy (non-hydrogen) atoms. The largest absolute Gasteiger partial charge is 0.370 e. The summed E-state index contributed by atoms with van der Waals surface area (Å²) in [7, 11) is 0. The van der Waals surface area contributed by atoms with Gasteiger partial charge in [-0.2, -0.15) is 0 Å². The maximum absolute atomic E-state index is 11.2. The van der Waals surface area contributed by atoms with E-state index in [0.717, 1.165) is 5.69 Å². The Morgan fingerprint density at radius 2 is 2.53 bits per heavy atom. The molecule has 0 radical (unpaired) electrons. The Bertz CT molecular complexity index is 311. The van der Waals surface area contributed by atoms with Crippen LogP contribution in [0, 0.1) is 6.92 Å². The van der Waals surface area contributed by atoms with E-state index in [-0.39, 0.29) is 12.5 Å². The second-order valence-corrected chi connectivity index (χ2v) is 3.05. The maximum Gasteiger partial charge on any atom is 0.246 e. The first-order chi connectivity index (χ1) is 7.22. The van der Waals surface area contributed by atoms with Crippen LogP contribution in [0.5, 0.6) is 0 Å². The van der Waals surface area contributed by atoms with Gasteiger partial charge in [0.2, 0.25) is 5.91 Å².